The fourth-order valence-corrected chi connectivity index (χ4v) is 3.77. The molecular formula is C23H26N6O2. The van der Waals surface area contributed by atoms with E-state index in [-0.39, 0.29) is 23.7 Å². The first-order chi connectivity index (χ1) is 14.8. The van der Waals surface area contributed by atoms with E-state index >= 15 is 0 Å². The van der Waals surface area contributed by atoms with E-state index in [1.54, 1.807) is 28.0 Å². The van der Waals surface area contributed by atoms with Crippen LogP contribution >= 0.6 is 0 Å². The van der Waals surface area contributed by atoms with Crippen molar-refractivity contribution in [2.24, 2.45) is 7.05 Å². The Morgan fingerprint density at radius 1 is 1.13 bits per heavy atom. The maximum atomic E-state index is 12.9. The number of amides is 2. The quantitative estimate of drug-likeness (QED) is 0.676. The zero-order valence-electron chi connectivity index (χ0n) is 17.9. The fraction of sp³-hybridized carbons (Fsp3) is 0.304. The van der Waals surface area contributed by atoms with Gasteiger partial charge in [0.25, 0.3) is 11.8 Å². The molecule has 2 amide bonds. The van der Waals surface area contributed by atoms with E-state index in [1.165, 1.54) is 0 Å². The van der Waals surface area contributed by atoms with Crippen LogP contribution < -0.4 is 11.1 Å². The lowest BCUT2D eigenvalue weighted by Gasteiger charge is -2.18. The summed E-state index contributed by atoms with van der Waals surface area (Å²) in [5.74, 6) is -0.132. The van der Waals surface area contributed by atoms with E-state index in [0.29, 0.717) is 30.6 Å². The van der Waals surface area contributed by atoms with Crippen LogP contribution in [0.5, 0.6) is 0 Å². The topological polar surface area (TPSA) is 106 Å². The highest BCUT2D eigenvalue weighted by Gasteiger charge is 2.29. The number of benzene rings is 1. The van der Waals surface area contributed by atoms with Crippen LogP contribution in [0.3, 0.4) is 0 Å². The van der Waals surface area contributed by atoms with Gasteiger partial charge in [-0.15, -0.1) is 0 Å². The number of aryl methyl sites for hydroxylation is 3. The molecule has 1 atom stereocenters. The van der Waals surface area contributed by atoms with Crippen molar-refractivity contribution >= 4 is 17.6 Å². The lowest BCUT2D eigenvalue weighted by atomic mass is 10.1. The normalized spacial score (nSPS) is 15.8. The highest BCUT2D eigenvalue weighted by Crippen LogP contribution is 2.22. The van der Waals surface area contributed by atoms with Gasteiger partial charge in [-0.05, 0) is 49.6 Å². The molecule has 1 saturated heterocycles. The van der Waals surface area contributed by atoms with Gasteiger partial charge in [0.1, 0.15) is 5.82 Å². The SMILES string of the molecule is Cc1ccc(C(=O)N2CC[C@@H](NC(=O)c3cc(-c4cnn(C)c4)cnc3N)C2)cc1C. The van der Waals surface area contributed by atoms with E-state index in [4.69, 9.17) is 5.73 Å². The third-order valence-electron chi connectivity index (χ3n) is 5.77. The minimum Gasteiger partial charge on any atom is -0.383 e. The molecule has 1 aliphatic heterocycles. The van der Waals surface area contributed by atoms with Crippen LogP contribution in [-0.4, -0.2) is 50.6 Å². The number of aromatic nitrogens is 3. The van der Waals surface area contributed by atoms with Crippen molar-refractivity contribution < 1.29 is 9.59 Å². The van der Waals surface area contributed by atoms with Gasteiger partial charge in [0.2, 0.25) is 0 Å². The first-order valence-corrected chi connectivity index (χ1v) is 10.2. The largest absolute Gasteiger partial charge is 0.383 e. The first kappa shape index (κ1) is 20.6. The minimum atomic E-state index is -0.291. The number of carbonyl (C=O) groups excluding carboxylic acids is 2. The smallest absolute Gasteiger partial charge is 0.255 e. The Morgan fingerprint density at radius 3 is 2.65 bits per heavy atom. The van der Waals surface area contributed by atoms with Crippen LogP contribution in [0.1, 0.15) is 38.3 Å². The minimum absolute atomic E-state index is 0.0143. The maximum Gasteiger partial charge on any atom is 0.255 e. The van der Waals surface area contributed by atoms with Crippen LogP contribution in [0.25, 0.3) is 11.1 Å². The van der Waals surface area contributed by atoms with Gasteiger partial charge >= 0.3 is 0 Å². The van der Waals surface area contributed by atoms with Gasteiger partial charge in [0.05, 0.1) is 11.8 Å². The van der Waals surface area contributed by atoms with Crippen LogP contribution in [0.2, 0.25) is 0 Å². The van der Waals surface area contributed by atoms with Crippen molar-refractivity contribution in [2.45, 2.75) is 26.3 Å². The number of rotatable bonds is 4. The van der Waals surface area contributed by atoms with Crippen molar-refractivity contribution in [1.82, 2.24) is 25.0 Å². The van der Waals surface area contributed by atoms with Gasteiger partial charge in [-0.25, -0.2) is 4.98 Å². The van der Waals surface area contributed by atoms with Crippen molar-refractivity contribution in [3.63, 3.8) is 0 Å². The lowest BCUT2D eigenvalue weighted by Crippen LogP contribution is -2.38. The zero-order chi connectivity index (χ0) is 22.1. The highest BCUT2D eigenvalue weighted by atomic mass is 16.2. The molecule has 3 aromatic rings. The summed E-state index contributed by atoms with van der Waals surface area (Å²) in [5.41, 5.74) is 10.8. The van der Waals surface area contributed by atoms with Crippen molar-refractivity contribution in [3.8, 4) is 11.1 Å². The number of carbonyl (C=O) groups is 2. The van der Waals surface area contributed by atoms with Gasteiger partial charge in [-0.1, -0.05) is 6.07 Å². The lowest BCUT2D eigenvalue weighted by molar-refractivity contribution is 0.0783. The van der Waals surface area contributed by atoms with E-state index in [0.717, 1.165) is 22.3 Å². The van der Waals surface area contributed by atoms with E-state index < -0.39 is 0 Å². The Hall–Kier alpha value is -3.68. The molecule has 1 aromatic carbocycles. The second-order valence-electron chi connectivity index (χ2n) is 8.07. The summed E-state index contributed by atoms with van der Waals surface area (Å²) in [6.45, 7) is 5.08. The molecule has 3 N–H and O–H groups in total. The predicted octanol–water partition coefficient (Wildman–Crippen LogP) is 2.33. The van der Waals surface area contributed by atoms with Crippen molar-refractivity contribution in [1.29, 1.82) is 0 Å². The monoisotopic (exact) mass is 418 g/mol. The number of hydrogen-bond acceptors (Lipinski definition) is 5. The molecule has 1 aliphatic rings. The molecule has 1 fully saturated rings. The van der Waals surface area contributed by atoms with Gasteiger partial charge in [-0.2, -0.15) is 5.10 Å². The molecule has 0 saturated carbocycles. The molecule has 0 radical (unpaired) electrons. The standard InChI is InChI=1S/C23H26N6O2/c1-14-4-5-16(8-15(14)2)23(31)29-7-6-19(13-29)27-22(30)20-9-17(10-25-21(20)24)18-11-26-28(3)12-18/h4-5,8-12,19H,6-7,13H2,1-3H3,(H2,24,25)(H,27,30)/t19-/m1/s1. The summed E-state index contributed by atoms with van der Waals surface area (Å²) in [4.78, 5) is 31.7. The Labute approximate surface area is 181 Å². The second-order valence-corrected chi connectivity index (χ2v) is 8.07. The van der Waals surface area contributed by atoms with Crippen molar-refractivity contribution in [3.05, 3.63) is 65.1 Å². The number of nitrogen functional groups attached to an aromatic ring is 1. The molecular weight excluding hydrogens is 392 g/mol. The third-order valence-corrected chi connectivity index (χ3v) is 5.77. The second kappa shape index (κ2) is 8.22. The number of pyridine rings is 1. The number of nitrogens with zero attached hydrogens (tertiary/aromatic N) is 4. The van der Waals surface area contributed by atoms with Gasteiger partial charge in [-0.3, -0.25) is 14.3 Å². The molecule has 31 heavy (non-hydrogen) atoms. The summed E-state index contributed by atoms with van der Waals surface area (Å²) in [6.07, 6.45) is 5.88. The highest BCUT2D eigenvalue weighted by molar-refractivity contribution is 6.00. The fourth-order valence-electron chi connectivity index (χ4n) is 3.77. The number of nitrogens with one attached hydrogen (secondary N) is 1. The van der Waals surface area contributed by atoms with E-state index in [2.05, 4.69) is 15.4 Å². The predicted molar refractivity (Wildman–Crippen MR) is 119 cm³/mol. The summed E-state index contributed by atoms with van der Waals surface area (Å²) in [6, 6.07) is 7.32. The molecule has 0 aliphatic carbocycles. The Kier molecular flexibility index (Phi) is 5.46. The van der Waals surface area contributed by atoms with Crippen LogP contribution in [-0.2, 0) is 7.05 Å². The molecule has 0 bridgehead atoms. The molecule has 4 rings (SSSR count). The van der Waals surface area contributed by atoms with E-state index in [1.807, 2.05) is 45.3 Å². The van der Waals surface area contributed by atoms with Crippen LogP contribution in [0, 0.1) is 13.8 Å². The van der Waals surface area contributed by atoms with Crippen molar-refractivity contribution in [2.75, 3.05) is 18.8 Å². The number of nitrogens with two attached hydrogens (primary N) is 1. The number of anilines is 1. The molecule has 160 valence electrons. The third kappa shape index (κ3) is 4.28. The van der Waals surface area contributed by atoms with Gasteiger partial charge in [0.15, 0.2) is 0 Å². The first-order valence-electron chi connectivity index (χ1n) is 10.2. The number of likely N-dealkylation sites (tertiary alicyclic amines) is 1. The average Bonchev–Trinajstić information content (AvgIpc) is 3.39. The molecule has 8 heteroatoms. The summed E-state index contributed by atoms with van der Waals surface area (Å²) >= 11 is 0. The van der Waals surface area contributed by atoms with E-state index in [9.17, 15) is 9.59 Å². The summed E-state index contributed by atoms with van der Waals surface area (Å²) in [5, 5.41) is 7.16. The zero-order valence-corrected chi connectivity index (χ0v) is 17.9. The molecule has 0 unspecified atom stereocenters. The van der Waals surface area contributed by atoms with Gasteiger partial charge in [0, 0.05) is 55.3 Å². The summed E-state index contributed by atoms with van der Waals surface area (Å²) in [7, 11) is 1.83. The Balaban J connectivity index is 1.44. The molecule has 2 aromatic heterocycles. The Bertz CT molecular complexity index is 1150. The molecule has 0 spiro atoms. The average molecular weight is 419 g/mol. The van der Waals surface area contributed by atoms with Crippen LogP contribution in [0.4, 0.5) is 5.82 Å². The summed E-state index contributed by atoms with van der Waals surface area (Å²) < 4.78 is 1.69. The Morgan fingerprint density at radius 2 is 1.94 bits per heavy atom. The van der Waals surface area contributed by atoms with Crippen LogP contribution in [0.15, 0.2) is 42.9 Å². The molecule has 3 heterocycles. The maximum absolute atomic E-state index is 12.9. The van der Waals surface area contributed by atoms with Gasteiger partial charge < -0.3 is 16.0 Å². The molecule has 8 nitrogen and oxygen atoms in total. The number of hydrogen-bond donors (Lipinski definition) is 2.